The largest absolute Gasteiger partial charge is 0.497 e. The van der Waals surface area contributed by atoms with Crippen molar-refractivity contribution in [3.63, 3.8) is 0 Å². The average molecular weight is 381 g/mol. The maximum atomic E-state index is 13.4. The fraction of sp³-hybridized carbons (Fsp3) is 0.545. The fourth-order valence-corrected chi connectivity index (χ4v) is 5.79. The highest BCUT2D eigenvalue weighted by molar-refractivity contribution is 6.08. The Morgan fingerprint density at radius 1 is 1.32 bits per heavy atom. The molecule has 0 saturated carbocycles. The average Bonchev–Trinajstić information content (AvgIpc) is 3.33. The minimum Gasteiger partial charge on any atom is -0.497 e. The predicted molar refractivity (Wildman–Crippen MR) is 106 cm³/mol. The lowest BCUT2D eigenvalue weighted by Crippen LogP contribution is -2.59. The second-order valence-electron chi connectivity index (χ2n) is 8.77. The van der Waals surface area contributed by atoms with E-state index in [1.807, 2.05) is 18.2 Å². The zero-order chi connectivity index (χ0) is 19.6. The van der Waals surface area contributed by atoms with Crippen molar-refractivity contribution in [2.45, 2.75) is 56.7 Å². The van der Waals surface area contributed by atoms with Crippen LogP contribution in [0.5, 0.6) is 5.75 Å². The molecule has 4 aliphatic heterocycles. The summed E-state index contributed by atoms with van der Waals surface area (Å²) in [6, 6.07) is 5.75. The zero-order valence-electron chi connectivity index (χ0n) is 16.7. The number of allylic oxidation sites excluding steroid dienone is 1. The third-order valence-electron chi connectivity index (χ3n) is 7.00. The summed E-state index contributed by atoms with van der Waals surface area (Å²) in [5, 5.41) is 3.08. The third kappa shape index (κ3) is 2.24. The van der Waals surface area contributed by atoms with Crippen LogP contribution in [0.3, 0.4) is 0 Å². The lowest BCUT2D eigenvalue weighted by atomic mass is 9.73. The Kier molecular flexibility index (Phi) is 3.85. The molecule has 1 spiro atoms. The molecule has 6 nitrogen and oxygen atoms in total. The normalized spacial score (nSPS) is 33.5. The predicted octanol–water partition coefficient (Wildman–Crippen LogP) is 2.30. The van der Waals surface area contributed by atoms with Crippen molar-refractivity contribution in [3.8, 4) is 5.75 Å². The van der Waals surface area contributed by atoms with Gasteiger partial charge in [0.2, 0.25) is 11.8 Å². The number of piperazine rings is 1. The first kappa shape index (κ1) is 17.7. The van der Waals surface area contributed by atoms with E-state index in [0.717, 1.165) is 42.9 Å². The number of amides is 2. The molecule has 4 heterocycles. The molecule has 6 heteroatoms. The zero-order valence-corrected chi connectivity index (χ0v) is 16.7. The van der Waals surface area contributed by atoms with Crippen molar-refractivity contribution in [3.05, 3.63) is 35.4 Å². The quantitative estimate of drug-likeness (QED) is 0.799. The number of carbonyl (C=O) groups is 2. The molecule has 2 amide bonds. The molecule has 0 bridgehead atoms. The number of nitrogens with zero attached hydrogens (tertiary/aromatic N) is 2. The van der Waals surface area contributed by atoms with Crippen LogP contribution in [0.25, 0.3) is 0 Å². The van der Waals surface area contributed by atoms with Crippen LogP contribution in [0, 0.1) is 0 Å². The molecule has 28 heavy (non-hydrogen) atoms. The van der Waals surface area contributed by atoms with Crippen molar-refractivity contribution in [2.75, 3.05) is 25.5 Å². The van der Waals surface area contributed by atoms with Crippen molar-refractivity contribution in [2.24, 2.45) is 0 Å². The number of methoxy groups -OCH3 is 1. The Morgan fingerprint density at radius 2 is 2.14 bits per heavy atom. The number of fused-ring (bicyclic) bond motifs is 4. The van der Waals surface area contributed by atoms with Crippen molar-refractivity contribution >= 4 is 17.5 Å². The van der Waals surface area contributed by atoms with E-state index < -0.39 is 5.41 Å². The summed E-state index contributed by atoms with van der Waals surface area (Å²) in [7, 11) is 1.63. The van der Waals surface area contributed by atoms with Crippen LogP contribution in [0.1, 0.15) is 38.7 Å². The van der Waals surface area contributed by atoms with Gasteiger partial charge < -0.3 is 15.0 Å². The minimum atomic E-state index is -0.723. The smallest absolute Gasteiger partial charge is 0.240 e. The summed E-state index contributed by atoms with van der Waals surface area (Å²) in [4.78, 5) is 31.1. The van der Waals surface area contributed by atoms with Crippen LogP contribution in [0.15, 0.2) is 29.8 Å². The highest BCUT2D eigenvalue weighted by Crippen LogP contribution is 2.53. The van der Waals surface area contributed by atoms with Crippen LogP contribution < -0.4 is 10.1 Å². The summed E-state index contributed by atoms with van der Waals surface area (Å²) in [5.74, 6) is 0.926. The van der Waals surface area contributed by atoms with Crippen molar-refractivity contribution in [1.82, 2.24) is 9.80 Å². The lowest BCUT2D eigenvalue weighted by Gasteiger charge is -2.42. The Hall–Kier alpha value is -2.34. The topological polar surface area (TPSA) is 61.9 Å². The molecule has 0 aliphatic carbocycles. The van der Waals surface area contributed by atoms with E-state index in [1.165, 1.54) is 5.57 Å². The molecule has 4 atom stereocenters. The van der Waals surface area contributed by atoms with E-state index in [4.69, 9.17) is 4.74 Å². The number of nitrogens with one attached hydrogen (secondary N) is 1. The maximum Gasteiger partial charge on any atom is 0.240 e. The molecular formula is C22H27N3O3. The molecule has 1 N–H and O–H groups in total. The van der Waals surface area contributed by atoms with Crippen LogP contribution in [-0.4, -0.2) is 59.9 Å². The third-order valence-corrected chi connectivity index (χ3v) is 7.00. The molecule has 148 valence electrons. The SMILES string of the molecule is COc1ccc2c(c1)NC(=O)[C@@]21C[C@H]2C(=O)N3CCC[C@H]3CN2[C@H]1C=C(C)C. The van der Waals surface area contributed by atoms with E-state index in [9.17, 15) is 9.59 Å². The molecule has 0 unspecified atom stereocenters. The van der Waals surface area contributed by atoms with Gasteiger partial charge in [0.25, 0.3) is 0 Å². The van der Waals surface area contributed by atoms with E-state index in [-0.39, 0.29) is 29.9 Å². The van der Waals surface area contributed by atoms with E-state index in [1.54, 1.807) is 7.11 Å². The Bertz CT molecular complexity index is 891. The van der Waals surface area contributed by atoms with Crippen LogP contribution in [-0.2, 0) is 15.0 Å². The maximum absolute atomic E-state index is 13.4. The second kappa shape index (κ2) is 6.08. The number of rotatable bonds is 2. The standard InChI is InChI=1S/C22H27N3O3/c1-13(2)9-19-22(16-7-6-15(28-3)10-17(16)23-21(22)27)11-18-20(26)24-8-4-5-14(24)12-25(18)19/h6-7,9-10,14,18-19H,4-5,8,11-12H2,1-3H3,(H,23,27)/t14-,18-,19-,22-/m0/s1. The van der Waals surface area contributed by atoms with Gasteiger partial charge in [0, 0.05) is 36.9 Å². The summed E-state index contributed by atoms with van der Waals surface area (Å²) in [6.45, 7) is 5.84. The number of hydrogen-bond acceptors (Lipinski definition) is 4. The van der Waals surface area contributed by atoms with Gasteiger partial charge in [0.1, 0.15) is 5.75 Å². The first-order chi connectivity index (χ1) is 13.5. The number of ether oxygens (including phenoxy) is 1. The van der Waals surface area contributed by atoms with Gasteiger partial charge in [-0.2, -0.15) is 0 Å². The lowest BCUT2D eigenvalue weighted by molar-refractivity contribution is -0.142. The van der Waals surface area contributed by atoms with Gasteiger partial charge in [-0.15, -0.1) is 0 Å². The number of hydrogen-bond donors (Lipinski definition) is 1. The van der Waals surface area contributed by atoms with Gasteiger partial charge in [-0.3, -0.25) is 14.5 Å². The minimum absolute atomic E-state index is 0.000567. The monoisotopic (exact) mass is 381 g/mol. The first-order valence-corrected chi connectivity index (χ1v) is 10.2. The van der Waals surface area contributed by atoms with Gasteiger partial charge in [-0.05, 0) is 44.7 Å². The van der Waals surface area contributed by atoms with E-state index in [0.29, 0.717) is 6.42 Å². The van der Waals surface area contributed by atoms with Crippen molar-refractivity contribution in [1.29, 1.82) is 0 Å². The molecule has 3 saturated heterocycles. The van der Waals surface area contributed by atoms with Gasteiger partial charge >= 0.3 is 0 Å². The fourth-order valence-electron chi connectivity index (χ4n) is 5.79. The number of carbonyl (C=O) groups excluding carboxylic acids is 2. The molecule has 1 aromatic carbocycles. The first-order valence-electron chi connectivity index (χ1n) is 10.2. The molecule has 3 fully saturated rings. The number of benzene rings is 1. The van der Waals surface area contributed by atoms with Gasteiger partial charge in [0.15, 0.2) is 0 Å². The molecule has 0 radical (unpaired) electrons. The summed E-state index contributed by atoms with van der Waals surface area (Å²) in [6.07, 6.45) is 4.87. The van der Waals surface area contributed by atoms with Crippen LogP contribution >= 0.6 is 0 Å². The molecule has 5 rings (SSSR count). The van der Waals surface area contributed by atoms with Crippen LogP contribution in [0.4, 0.5) is 5.69 Å². The second-order valence-corrected chi connectivity index (χ2v) is 8.77. The highest BCUT2D eigenvalue weighted by Gasteiger charge is 2.64. The van der Waals surface area contributed by atoms with Crippen LogP contribution in [0.2, 0.25) is 0 Å². The molecular weight excluding hydrogens is 354 g/mol. The summed E-state index contributed by atoms with van der Waals surface area (Å²) in [5.41, 5.74) is 2.24. The highest BCUT2D eigenvalue weighted by atomic mass is 16.5. The Labute approximate surface area is 165 Å². The van der Waals surface area contributed by atoms with Gasteiger partial charge in [0.05, 0.1) is 18.6 Å². The Morgan fingerprint density at radius 3 is 2.89 bits per heavy atom. The molecule has 1 aromatic rings. The van der Waals surface area contributed by atoms with Gasteiger partial charge in [-0.1, -0.05) is 17.7 Å². The molecule has 4 aliphatic rings. The van der Waals surface area contributed by atoms with Crippen molar-refractivity contribution < 1.29 is 14.3 Å². The van der Waals surface area contributed by atoms with Gasteiger partial charge in [-0.25, -0.2) is 0 Å². The number of anilines is 1. The Balaban J connectivity index is 1.65. The van der Waals surface area contributed by atoms with E-state index in [2.05, 4.69) is 35.0 Å². The summed E-state index contributed by atoms with van der Waals surface area (Å²) < 4.78 is 5.34. The van der Waals surface area contributed by atoms with E-state index >= 15 is 0 Å². The summed E-state index contributed by atoms with van der Waals surface area (Å²) >= 11 is 0. The molecule has 0 aromatic heterocycles.